The van der Waals surface area contributed by atoms with Gasteiger partial charge in [0.15, 0.2) is 0 Å². The summed E-state index contributed by atoms with van der Waals surface area (Å²) < 4.78 is 0. The highest BCUT2D eigenvalue weighted by atomic mass is 16.2. The molecule has 6 nitrogen and oxygen atoms in total. The van der Waals surface area contributed by atoms with Crippen LogP contribution in [0.3, 0.4) is 0 Å². The SMILES string of the molecule is Cc1cccc(CN2C(=O)NC(=O)C2=O)n1. The van der Waals surface area contributed by atoms with Crippen LogP contribution in [0.2, 0.25) is 0 Å². The van der Waals surface area contributed by atoms with Crippen molar-refractivity contribution in [3.63, 3.8) is 0 Å². The highest BCUT2D eigenvalue weighted by Crippen LogP contribution is 2.07. The lowest BCUT2D eigenvalue weighted by Crippen LogP contribution is -2.30. The Bertz CT molecular complexity index is 484. The highest BCUT2D eigenvalue weighted by Gasteiger charge is 2.36. The fraction of sp³-hybridized carbons (Fsp3) is 0.200. The summed E-state index contributed by atoms with van der Waals surface area (Å²) in [5.41, 5.74) is 1.36. The third-order valence-corrected chi connectivity index (χ3v) is 2.17. The Labute approximate surface area is 91.3 Å². The third kappa shape index (κ3) is 1.77. The molecule has 2 heterocycles. The molecule has 0 unspecified atom stereocenters. The number of hydrogen-bond donors (Lipinski definition) is 1. The van der Waals surface area contributed by atoms with Crippen LogP contribution in [-0.4, -0.2) is 27.7 Å². The Morgan fingerprint density at radius 2 is 2.06 bits per heavy atom. The molecule has 1 aromatic rings. The number of carbonyl (C=O) groups is 3. The average Bonchev–Trinajstić information content (AvgIpc) is 2.45. The van der Waals surface area contributed by atoms with Gasteiger partial charge in [0.05, 0.1) is 12.2 Å². The Kier molecular flexibility index (Phi) is 2.40. The molecule has 4 amide bonds. The molecule has 2 rings (SSSR count). The van der Waals surface area contributed by atoms with E-state index in [0.29, 0.717) is 5.69 Å². The Morgan fingerprint density at radius 3 is 2.62 bits per heavy atom. The van der Waals surface area contributed by atoms with Crippen molar-refractivity contribution < 1.29 is 14.4 Å². The first-order valence-corrected chi connectivity index (χ1v) is 4.67. The van der Waals surface area contributed by atoms with Crippen LogP contribution in [0.25, 0.3) is 0 Å². The second-order valence-corrected chi connectivity index (χ2v) is 3.42. The number of aryl methyl sites for hydroxylation is 1. The predicted octanol–water partition coefficient (Wildman–Crippen LogP) is -0.0316. The van der Waals surface area contributed by atoms with E-state index in [1.54, 1.807) is 25.1 Å². The van der Waals surface area contributed by atoms with Gasteiger partial charge in [-0.15, -0.1) is 0 Å². The van der Waals surface area contributed by atoms with Gasteiger partial charge >= 0.3 is 17.8 Å². The molecule has 1 aromatic heterocycles. The number of hydrogen-bond acceptors (Lipinski definition) is 4. The quantitative estimate of drug-likeness (QED) is 0.559. The lowest BCUT2D eigenvalue weighted by Gasteiger charge is -2.10. The zero-order valence-electron chi connectivity index (χ0n) is 8.56. The zero-order valence-corrected chi connectivity index (χ0v) is 8.56. The average molecular weight is 219 g/mol. The van der Waals surface area contributed by atoms with E-state index >= 15 is 0 Å². The fourth-order valence-electron chi connectivity index (χ4n) is 1.43. The summed E-state index contributed by atoms with van der Waals surface area (Å²) in [6.07, 6.45) is 0. The van der Waals surface area contributed by atoms with Gasteiger partial charge in [0, 0.05) is 5.69 Å². The summed E-state index contributed by atoms with van der Waals surface area (Å²) in [7, 11) is 0. The topological polar surface area (TPSA) is 79.4 Å². The molecule has 1 N–H and O–H groups in total. The van der Waals surface area contributed by atoms with Crippen molar-refractivity contribution in [2.24, 2.45) is 0 Å². The van der Waals surface area contributed by atoms with Crippen LogP contribution in [-0.2, 0) is 16.1 Å². The van der Waals surface area contributed by atoms with Gasteiger partial charge < -0.3 is 0 Å². The molecule has 0 bridgehead atoms. The monoisotopic (exact) mass is 219 g/mol. The predicted molar refractivity (Wildman–Crippen MR) is 53.1 cm³/mol. The largest absolute Gasteiger partial charge is 0.331 e. The lowest BCUT2D eigenvalue weighted by molar-refractivity contribution is -0.140. The van der Waals surface area contributed by atoms with E-state index in [1.807, 2.05) is 5.32 Å². The van der Waals surface area contributed by atoms with Crippen molar-refractivity contribution >= 4 is 17.8 Å². The Hall–Kier alpha value is -2.24. The molecular weight excluding hydrogens is 210 g/mol. The van der Waals surface area contributed by atoms with Crippen molar-refractivity contribution in [2.75, 3.05) is 0 Å². The van der Waals surface area contributed by atoms with Crippen LogP contribution >= 0.6 is 0 Å². The van der Waals surface area contributed by atoms with Crippen molar-refractivity contribution in [3.05, 3.63) is 29.6 Å². The number of carbonyl (C=O) groups excluding carboxylic acids is 3. The normalized spacial score (nSPS) is 15.6. The fourth-order valence-corrected chi connectivity index (χ4v) is 1.43. The van der Waals surface area contributed by atoms with E-state index in [-0.39, 0.29) is 6.54 Å². The first kappa shape index (κ1) is 10.3. The molecule has 16 heavy (non-hydrogen) atoms. The molecule has 1 aliphatic rings. The summed E-state index contributed by atoms with van der Waals surface area (Å²) in [4.78, 5) is 38.4. The number of aromatic nitrogens is 1. The molecule has 0 aliphatic carbocycles. The van der Waals surface area contributed by atoms with E-state index < -0.39 is 17.8 Å². The number of rotatable bonds is 2. The summed E-state index contributed by atoms with van der Waals surface area (Å²) in [5, 5.41) is 1.92. The second kappa shape index (κ2) is 3.73. The minimum atomic E-state index is -0.891. The van der Waals surface area contributed by atoms with E-state index in [4.69, 9.17) is 0 Å². The minimum Gasteiger partial charge on any atom is -0.269 e. The van der Waals surface area contributed by atoms with Gasteiger partial charge in [0.25, 0.3) is 0 Å². The van der Waals surface area contributed by atoms with Crippen LogP contribution in [0.4, 0.5) is 4.79 Å². The van der Waals surface area contributed by atoms with Gasteiger partial charge in [-0.25, -0.2) is 9.69 Å². The molecule has 0 atom stereocenters. The number of amides is 4. The van der Waals surface area contributed by atoms with Crippen LogP contribution in [0.1, 0.15) is 11.4 Å². The Balaban J connectivity index is 2.19. The smallest absolute Gasteiger partial charge is 0.269 e. The maximum absolute atomic E-state index is 11.3. The van der Waals surface area contributed by atoms with Crippen molar-refractivity contribution in [2.45, 2.75) is 13.5 Å². The molecule has 0 spiro atoms. The summed E-state index contributed by atoms with van der Waals surface area (Å²) in [6.45, 7) is 1.82. The standard InChI is InChI=1S/C10H9N3O3/c1-6-3-2-4-7(11-6)5-13-9(15)8(14)12-10(13)16/h2-4H,5H2,1H3,(H,12,14,16). The van der Waals surface area contributed by atoms with Gasteiger partial charge in [0.2, 0.25) is 0 Å². The number of imide groups is 2. The summed E-state index contributed by atoms with van der Waals surface area (Å²) in [5.74, 6) is -1.73. The lowest BCUT2D eigenvalue weighted by atomic mass is 10.3. The molecule has 6 heteroatoms. The van der Waals surface area contributed by atoms with E-state index in [2.05, 4.69) is 4.98 Å². The highest BCUT2D eigenvalue weighted by molar-refractivity contribution is 6.44. The van der Waals surface area contributed by atoms with Crippen LogP contribution in [0, 0.1) is 6.92 Å². The third-order valence-electron chi connectivity index (χ3n) is 2.17. The van der Waals surface area contributed by atoms with Gasteiger partial charge in [-0.3, -0.25) is 19.9 Å². The van der Waals surface area contributed by atoms with Crippen LogP contribution < -0.4 is 5.32 Å². The molecule has 1 fully saturated rings. The van der Waals surface area contributed by atoms with Crippen LogP contribution in [0.15, 0.2) is 18.2 Å². The molecule has 82 valence electrons. The van der Waals surface area contributed by atoms with E-state index in [1.165, 1.54) is 0 Å². The van der Waals surface area contributed by atoms with Crippen molar-refractivity contribution in [3.8, 4) is 0 Å². The van der Waals surface area contributed by atoms with Gasteiger partial charge in [0.1, 0.15) is 0 Å². The molecule has 1 aliphatic heterocycles. The summed E-state index contributed by atoms with van der Waals surface area (Å²) >= 11 is 0. The number of nitrogens with zero attached hydrogens (tertiary/aromatic N) is 2. The molecule has 0 radical (unpaired) electrons. The second-order valence-electron chi connectivity index (χ2n) is 3.42. The van der Waals surface area contributed by atoms with Gasteiger partial charge in [-0.2, -0.15) is 0 Å². The summed E-state index contributed by atoms with van der Waals surface area (Å²) in [6, 6.07) is 4.58. The molecular formula is C10H9N3O3. The molecule has 0 aromatic carbocycles. The maximum Gasteiger partial charge on any atom is 0.331 e. The van der Waals surface area contributed by atoms with E-state index in [0.717, 1.165) is 10.6 Å². The van der Waals surface area contributed by atoms with E-state index in [9.17, 15) is 14.4 Å². The van der Waals surface area contributed by atoms with Crippen molar-refractivity contribution in [1.82, 2.24) is 15.2 Å². The molecule has 1 saturated heterocycles. The molecule has 0 saturated carbocycles. The Morgan fingerprint density at radius 1 is 1.31 bits per heavy atom. The zero-order chi connectivity index (χ0) is 11.7. The minimum absolute atomic E-state index is 0.0120. The van der Waals surface area contributed by atoms with Crippen LogP contribution in [0.5, 0.6) is 0 Å². The van der Waals surface area contributed by atoms with Gasteiger partial charge in [-0.05, 0) is 19.1 Å². The first-order valence-electron chi connectivity index (χ1n) is 4.67. The first-order chi connectivity index (χ1) is 7.58. The number of urea groups is 1. The number of pyridine rings is 1. The van der Waals surface area contributed by atoms with Crippen molar-refractivity contribution in [1.29, 1.82) is 0 Å². The maximum atomic E-state index is 11.3. The number of nitrogens with one attached hydrogen (secondary N) is 1. The van der Waals surface area contributed by atoms with Gasteiger partial charge in [-0.1, -0.05) is 6.07 Å².